The molecule has 1 N–H and O–H groups in total. The number of nitrogens with zero attached hydrogens (tertiary/aromatic N) is 3. The van der Waals surface area contributed by atoms with Crippen LogP contribution in [0, 0.1) is 6.92 Å². The fraction of sp³-hybridized carbons (Fsp3) is 0.250. The smallest absolute Gasteiger partial charge is 0.223 e. The molecule has 2 aromatic heterocycles. The number of hydrogen-bond acceptors (Lipinski definition) is 4. The maximum absolute atomic E-state index is 4.47. The minimum atomic E-state index is 0.659. The third-order valence-corrected chi connectivity index (χ3v) is 2.24. The lowest BCUT2D eigenvalue weighted by Gasteiger charge is -2.07. The normalized spacial score (nSPS) is 10.1. The summed E-state index contributed by atoms with van der Waals surface area (Å²) in [6, 6.07) is 3.90. The lowest BCUT2D eigenvalue weighted by atomic mass is 10.1. The number of aromatic nitrogens is 3. The molecule has 0 fully saturated rings. The predicted octanol–water partition coefficient (Wildman–Crippen LogP) is 2.28. The molecule has 0 aliphatic carbocycles. The Balaban J connectivity index is 2.43. The van der Waals surface area contributed by atoms with Gasteiger partial charge in [0.05, 0.1) is 5.69 Å². The fourth-order valence-corrected chi connectivity index (χ4v) is 1.48. The van der Waals surface area contributed by atoms with Gasteiger partial charge in [0, 0.05) is 30.7 Å². The van der Waals surface area contributed by atoms with Crippen molar-refractivity contribution in [2.75, 3.05) is 11.9 Å². The summed E-state index contributed by atoms with van der Waals surface area (Å²) in [7, 11) is 0. The van der Waals surface area contributed by atoms with E-state index in [1.807, 2.05) is 38.4 Å². The summed E-state index contributed by atoms with van der Waals surface area (Å²) in [6.45, 7) is 4.83. The Morgan fingerprint density at radius 2 is 2.19 bits per heavy atom. The van der Waals surface area contributed by atoms with Crippen LogP contribution in [0.3, 0.4) is 0 Å². The maximum Gasteiger partial charge on any atom is 0.223 e. The van der Waals surface area contributed by atoms with E-state index >= 15 is 0 Å². The molecule has 2 rings (SSSR count). The summed E-state index contributed by atoms with van der Waals surface area (Å²) in [6.07, 6.45) is 5.39. The van der Waals surface area contributed by atoms with Gasteiger partial charge in [0.15, 0.2) is 0 Å². The summed E-state index contributed by atoms with van der Waals surface area (Å²) in [5.41, 5.74) is 3.00. The Bertz CT molecular complexity index is 468. The second-order valence-corrected chi connectivity index (χ2v) is 3.50. The molecule has 0 saturated carbocycles. The van der Waals surface area contributed by atoms with E-state index in [2.05, 4.69) is 20.3 Å². The van der Waals surface area contributed by atoms with Crippen molar-refractivity contribution in [3.8, 4) is 11.3 Å². The van der Waals surface area contributed by atoms with Crippen molar-refractivity contribution < 1.29 is 0 Å². The first kappa shape index (κ1) is 10.5. The maximum atomic E-state index is 4.47. The lowest BCUT2D eigenvalue weighted by Crippen LogP contribution is -2.03. The van der Waals surface area contributed by atoms with Crippen LogP contribution in [-0.2, 0) is 0 Å². The van der Waals surface area contributed by atoms with Crippen LogP contribution in [0.5, 0.6) is 0 Å². The zero-order valence-electron chi connectivity index (χ0n) is 9.44. The van der Waals surface area contributed by atoms with E-state index < -0.39 is 0 Å². The molecule has 0 bridgehead atoms. The van der Waals surface area contributed by atoms with Crippen LogP contribution in [0.25, 0.3) is 11.3 Å². The lowest BCUT2D eigenvalue weighted by molar-refractivity contribution is 1.07. The molecule has 4 heteroatoms. The number of hydrogen-bond donors (Lipinski definition) is 1. The van der Waals surface area contributed by atoms with E-state index in [1.165, 1.54) is 0 Å². The zero-order valence-corrected chi connectivity index (χ0v) is 9.44. The highest BCUT2D eigenvalue weighted by Crippen LogP contribution is 2.20. The molecule has 0 atom stereocenters. The number of anilines is 1. The van der Waals surface area contributed by atoms with Crippen molar-refractivity contribution in [2.24, 2.45) is 0 Å². The van der Waals surface area contributed by atoms with Gasteiger partial charge in [-0.15, -0.1) is 0 Å². The molecule has 0 spiro atoms. The van der Waals surface area contributed by atoms with Gasteiger partial charge in [-0.3, -0.25) is 4.98 Å². The van der Waals surface area contributed by atoms with E-state index in [-0.39, 0.29) is 0 Å². The van der Waals surface area contributed by atoms with Crippen LogP contribution in [0.2, 0.25) is 0 Å². The van der Waals surface area contributed by atoms with Crippen molar-refractivity contribution in [2.45, 2.75) is 13.8 Å². The molecular formula is C12H14N4. The van der Waals surface area contributed by atoms with Crippen molar-refractivity contribution in [3.63, 3.8) is 0 Å². The first-order valence-corrected chi connectivity index (χ1v) is 5.29. The van der Waals surface area contributed by atoms with E-state index in [4.69, 9.17) is 0 Å². The Kier molecular flexibility index (Phi) is 3.10. The first-order valence-electron chi connectivity index (χ1n) is 5.29. The van der Waals surface area contributed by atoms with Crippen LogP contribution in [-0.4, -0.2) is 21.5 Å². The van der Waals surface area contributed by atoms with Gasteiger partial charge in [0.2, 0.25) is 5.95 Å². The van der Waals surface area contributed by atoms with Gasteiger partial charge in [0.1, 0.15) is 0 Å². The minimum absolute atomic E-state index is 0.659. The van der Waals surface area contributed by atoms with Gasteiger partial charge in [-0.1, -0.05) is 0 Å². The van der Waals surface area contributed by atoms with Crippen LogP contribution in [0.1, 0.15) is 12.5 Å². The molecule has 2 heterocycles. The molecule has 0 unspecified atom stereocenters. The Hall–Kier alpha value is -1.97. The third-order valence-electron chi connectivity index (χ3n) is 2.24. The first-order chi connectivity index (χ1) is 7.81. The van der Waals surface area contributed by atoms with Gasteiger partial charge < -0.3 is 5.32 Å². The van der Waals surface area contributed by atoms with Crippen LogP contribution in [0.15, 0.2) is 30.7 Å². The number of pyridine rings is 1. The van der Waals surface area contributed by atoms with Crippen molar-refractivity contribution in [1.82, 2.24) is 15.0 Å². The summed E-state index contributed by atoms with van der Waals surface area (Å²) >= 11 is 0. The van der Waals surface area contributed by atoms with Gasteiger partial charge in [-0.25, -0.2) is 9.97 Å². The second kappa shape index (κ2) is 4.70. The quantitative estimate of drug-likeness (QED) is 0.851. The van der Waals surface area contributed by atoms with E-state index in [9.17, 15) is 0 Å². The van der Waals surface area contributed by atoms with Gasteiger partial charge in [0.25, 0.3) is 0 Å². The molecule has 0 saturated heterocycles. The molecule has 0 aliphatic heterocycles. The van der Waals surface area contributed by atoms with Crippen LogP contribution >= 0.6 is 0 Å². The van der Waals surface area contributed by atoms with E-state index in [0.29, 0.717) is 5.95 Å². The summed E-state index contributed by atoms with van der Waals surface area (Å²) in [5.74, 6) is 0.659. The molecule has 16 heavy (non-hydrogen) atoms. The highest BCUT2D eigenvalue weighted by Gasteiger charge is 2.05. The average Bonchev–Trinajstić information content (AvgIpc) is 2.33. The molecule has 4 nitrogen and oxygen atoms in total. The number of rotatable bonds is 3. The molecule has 0 aliphatic rings. The van der Waals surface area contributed by atoms with Crippen molar-refractivity contribution in [3.05, 3.63) is 36.3 Å². The summed E-state index contributed by atoms with van der Waals surface area (Å²) in [4.78, 5) is 12.8. The fourth-order valence-electron chi connectivity index (χ4n) is 1.48. The second-order valence-electron chi connectivity index (χ2n) is 3.50. The minimum Gasteiger partial charge on any atom is -0.354 e. The Labute approximate surface area is 94.8 Å². The predicted molar refractivity (Wildman–Crippen MR) is 64.2 cm³/mol. The van der Waals surface area contributed by atoms with E-state index in [1.54, 1.807) is 6.20 Å². The SMILES string of the molecule is CCNc1ncc(C)c(-c2cccnc2)n1. The van der Waals surface area contributed by atoms with Gasteiger partial charge in [-0.05, 0) is 31.5 Å². The van der Waals surface area contributed by atoms with Gasteiger partial charge in [-0.2, -0.15) is 0 Å². The molecule has 0 aromatic carbocycles. The van der Waals surface area contributed by atoms with Crippen LogP contribution in [0.4, 0.5) is 5.95 Å². The summed E-state index contributed by atoms with van der Waals surface area (Å²) in [5, 5.41) is 3.10. The Morgan fingerprint density at radius 3 is 2.88 bits per heavy atom. The summed E-state index contributed by atoms with van der Waals surface area (Å²) < 4.78 is 0. The van der Waals surface area contributed by atoms with Gasteiger partial charge >= 0.3 is 0 Å². The van der Waals surface area contributed by atoms with Crippen molar-refractivity contribution >= 4 is 5.95 Å². The van der Waals surface area contributed by atoms with Crippen molar-refractivity contribution in [1.29, 1.82) is 0 Å². The average molecular weight is 214 g/mol. The molecule has 0 amide bonds. The molecule has 82 valence electrons. The van der Waals surface area contributed by atoms with Crippen LogP contribution < -0.4 is 5.32 Å². The molecular weight excluding hydrogens is 200 g/mol. The molecule has 2 aromatic rings. The highest BCUT2D eigenvalue weighted by atomic mass is 15.1. The monoisotopic (exact) mass is 214 g/mol. The highest BCUT2D eigenvalue weighted by molar-refractivity contribution is 5.62. The topological polar surface area (TPSA) is 50.7 Å². The third kappa shape index (κ3) is 2.16. The zero-order chi connectivity index (χ0) is 11.4. The number of aryl methyl sites for hydroxylation is 1. The number of nitrogens with one attached hydrogen (secondary N) is 1. The Morgan fingerprint density at radius 1 is 1.31 bits per heavy atom. The largest absolute Gasteiger partial charge is 0.354 e. The van der Waals surface area contributed by atoms with E-state index in [0.717, 1.165) is 23.4 Å². The molecule has 0 radical (unpaired) electrons. The standard InChI is InChI=1S/C12H14N4/c1-3-14-12-15-7-9(2)11(16-12)10-5-4-6-13-8-10/h4-8H,3H2,1-2H3,(H,14,15,16).